The molecule has 0 fully saturated rings. The smallest absolute Gasteiger partial charge is 0.244 e. The summed E-state index contributed by atoms with van der Waals surface area (Å²) in [6.45, 7) is 5.19. The Morgan fingerprint density at radius 3 is 2.32 bits per heavy atom. The van der Waals surface area contributed by atoms with Gasteiger partial charge in [-0.15, -0.1) is 0 Å². The Balaban J connectivity index is 2.39. The molecular weight excluding hydrogens is 569 g/mol. The van der Waals surface area contributed by atoms with Crippen LogP contribution in [-0.2, 0) is 26.2 Å². The molecule has 2 amide bonds. The molecule has 2 aromatic carbocycles. The number of sulfonamides is 1. The van der Waals surface area contributed by atoms with E-state index in [0.717, 1.165) is 26.1 Å². The van der Waals surface area contributed by atoms with Crippen LogP contribution in [0.25, 0.3) is 0 Å². The van der Waals surface area contributed by atoms with Gasteiger partial charge in [0.2, 0.25) is 21.8 Å². The minimum Gasteiger partial charge on any atom is -0.497 e. The second kappa shape index (κ2) is 12.4. The van der Waals surface area contributed by atoms with Crippen molar-refractivity contribution in [3.8, 4) is 5.75 Å². The molecule has 34 heavy (non-hydrogen) atoms. The first kappa shape index (κ1) is 27.9. The lowest BCUT2D eigenvalue weighted by Gasteiger charge is -2.32. The summed E-state index contributed by atoms with van der Waals surface area (Å²) in [5.41, 5.74) is 1.14. The van der Waals surface area contributed by atoms with Gasteiger partial charge in [0.05, 0.1) is 19.1 Å². The minimum atomic E-state index is -3.75. The van der Waals surface area contributed by atoms with Crippen LogP contribution in [0.2, 0.25) is 0 Å². The van der Waals surface area contributed by atoms with Gasteiger partial charge in [-0.05, 0) is 84.8 Å². The zero-order chi connectivity index (χ0) is 25.5. The van der Waals surface area contributed by atoms with Crippen LogP contribution in [0.5, 0.6) is 5.75 Å². The van der Waals surface area contributed by atoms with E-state index in [2.05, 4.69) is 27.9 Å². The number of anilines is 1. The zero-order valence-corrected chi connectivity index (χ0v) is 23.1. The van der Waals surface area contributed by atoms with Gasteiger partial charge in [0.1, 0.15) is 18.3 Å². The lowest BCUT2D eigenvalue weighted by atomic mass is 10.1. The van der Waals surface area contributed by atoms with E-state index in [-0.39, 0.29) is 18.5 Å². The van der Waals surface area contributed by atoms with E-state index >= 15 is 0 Å². The quantitative estimate of drug-likeness (QED) is 0.399. The van der Waals surface area contributed by atoms with Crippen molar-refractivity contribution in [1.29, 1.82) is 0 Å². The highest BCUT2D eigenvalue weighted by molar-refractivity contribution is 14.1. The van der Waals surface area contributed by atoms with Crippen molar-refractivity contribution in [1.82, 2.24) is 10.2 Å². The van der Waals surface area contributed by atoms with E-state index in [1.54, 1.807) is 56.5 Å². The van der Waals surface area contributed by atoms with Gasteiger partial charge >= 0.3 is 0 Å². The fourth-order valence-electron chi connectivity index (χ4n) is 3.24. The molecule has 0 bridgehead atoms. The van der Waals surface area contributed by atoms with Crippen molar-refractivity contribution in [3.63, 3.8) is 0 Å². The van der Waals surface area contributed by atoms with Crippen molar-refractivity contribution in [3.05, 3.63) is 57.7 Å². The van der Waals surface area contributed by atoms with Crippen molar-refractivity contribution >= 4 is 50.1 Å². The molecule has 0 aliphatic rings. The molecule has 0 aliphatic heterocycles. The summed E-state index contributed by atoms with van der Waals surface area (Å²) in [5.74, 6) is -0.164. The number of carbonyl (C=O) groups excluding carboxylic acids is 2. The van der Waals surface area contributed by atoms with E-state index < -0.39 is 28.5 Å². The molecule has 0 spiro atoms. The Morgan fingerprint density at radius 2 is 1.76 bits per heavy atom. The maximum atomic E-state index is 13.5. The first-order chi connectivity index (χ1) is 16.0. The minimum absolute atomic E-state index is 0.0527. The summed E-state index contributed by atoms with van der Waals surface area (Å²) in [6.07, 6.45) is 1.81. The number of benzene rings is 2. The number of nitrogens with one attached hydrogen (secondary N) is 1. The number of methoxy groups -OCH3 is 1. The van der Waals surface area contributed by atoms with Crippen molar-refractivity contribution in [2.24, 2.45) is 0 Å². The summed E-state index contributed by atoms with van der Waals surface area (Å²) >= 11 is 2.13. The Hall–Kier alpha value is -2.34. The molecule has 0 unspecified atom stereocenters. The number of nitrogens with zero attached hydrogens (tertiary/aromatic N) is 2. The lowest BCUT2D eigenvalue weighted by molar-refractivity contribution is -0.139. The average molecular weight is 602 g/mol. The number of amides is 2. The summed E-state index contributed by atoms with van der Waals surface area (Å²) in [4.78, 5) is 27.8. The predicted octanol–water partition coefficient (Wildman–Crippen LogP) is 3.40. The molecular formula is C24H32IN3O5S. The highest BCUT2D eigenvalue weighted by Gasteiger charge is 2.30. The van der Waals surface area contributed by atoms with Crippen LogP contribution in [0.1, 0.15) is 32.8 Å². The highest BCUT2D eigenvalue weighted by Crippen LogP contribution is 2.21. The molecule has 0 aromatic heterocycles. The van der Waals surface area contributed by atoms with Gasteiger partial charge in [0.25, 0.3) is 0 Å². The largest absolute Gasteiger partial charge is 0.497 e. The van der Waals surface area contributed by atoms with Crippen LogP contribution in [0.4, 0.5) is 5.69 Å². The van der Waals surface area contributed by atoms with Gasteiger partial charge in [0, 0.05) is 16.2 Å². The molecule has 0 saturated heterocycles. The normalized spacial score (nSPS) is 13.0. The number of carbonyl (C=O) groups is 2. The maximum absolute atomic E-state index is 13.5. The Bertz CT molecular complexity index is 1090. The monoisotopic (exact) mass is 601 g/mol. The first-order valence-corrected chi connectivity index (χ1v) is 13.8. The fraction of sp³-hybridized carbons (Fsp3) is 0.417. The molecule has 1 N–H and O–H groups in total. The number of hydrogen-bond acceptors (Lipinski definition) is 5. The summed E-state index contributed by atoms with van der Waals surface area (Å²) in [7, 11) is -2.20. The van der Waals surface area contributed by atoms with Crippen LogP contribution in [0.15, 0.2) is 48.5 Å². The number of halogens is 1. The SMILES string of the molecule is CC[C@@H](C)NC(=O)[C@@H](C)N(Cc1cccc(OC)c1)C(=O)CN(c1ccc(I)cc1)S(C)(=O)=O. The third-order valence-corrected chi connectivity index (χ3v) is 7.31. The Morgan fingerprint density at radius 1 is 1.12 bits per heavy atom. The number of rotatable bonds is 11. The average Bonchev–Trinajstić information content (AvgIpc) is 2.80. The van der Waals surface area contributed by atoms with E-state index in [0.29, 0.717) is 11.4 Å². The molecule has 186 valence electrons. The van der Waals surface area contributed by atoms with E-state index in [9.17, 15) is 18.0 Å². The van der Waals surface area contributed by atoms with Gasteiger partial charge < -0.3 is 15.0 Å². The molecule has 8 nitrogen and oxygen atoms in total. The topological polar surface area (TPSA) is 96.0 Å². The van der Waals surface area contributed by atoms with E-state index in [1.165, 1.54) is 4.90 Å². The molecule has 0 aliphatic carbocycles. The van der Waals surface area contributed by atoms with Crippen LogP contribution < -0.4 is 14.4 Å². The maximum Gasteiger partial charge on any atom is 0.244 e. The molecule has 2 aromatic rings. The fourth-order valence-corrected chi connectivity index (χ4v) is 4.45. The van der Waals surface area contributed by atoms with Gasteiger partial charge in [-0.25, -0.2) is 8.42 Å². The van der Waals surface area contributed by atoms with Gasteiger partial charge in [-0.2, -0.15) is 0 Å². The van der Waals surface area contributed by atoms with Gasteiger partial charge in [0.15, 0.2) is 0 Å². The third kappa shape index (κ3) is 7.86. The van der Waals surface area contributed by atoms with Gasteiger partial charge in [-0.3, -0.25) is 13.9 Å². The second-order valence-electron chi connectivity index (χ2n) is 8.11. The molecule has 0 heterocycles. The summed E-state index contributed by atoms with van der Waals surface area (Å²) < 4.78 is 32.4. The molecule has 0 saturated carbocycles. The number of ether oxygens (including phenoxy) is 1. The van der Waals surface area contributed by atoms with Crippen LogP contribution in [0, 0.1) is 3.57 Å². The molecule has 2 atom stereocenters. The van der Waals surface area contributed by atoms with E-state index in [4.69, 9.17) is 4.74 Å². The summed E-state index contributed by atoms with van der Waals surface area (Å²) in [5, 5.41) is 2.90. The van der Waals surface area contributed by atoms with Crippen LogP contribution in [-0.4, -0.2) is 57.1 Å². The Labute approximate surface area is 215 Å². The zero-order valence-electron chi connectivity index (χ0n) is 20.1. The predicted molar refractivity (Wildman–Crippen MR) is 142 cm³/mol. The lowest BCUT2D eigenvalue weighted by Crippen LogP contribution is -2.52. The molecule has 0 radical (unpaired) electrons. The first-order valence-electron chi connectivity index (χ1n) is 10.9. The van der Waals surface area contributed by atoms with Gasteiger partial charge in [-0.1, -0.05) is 19.1 Å². The third-order valence-electron chi connectivity index (χ3n) is 5.45. The molecule has 10 heteroatoms. The highest BCUT2D eigenvalue weighted by atomic mass is 127. The van der Waals surface area contributed by atoms with Crippen LogP contribution in [0.3, 0.4) is 0 Å². The van der Waals surface area contributed by atoms with Crippen molar-refractivity contribution in [2.75, 3.05) is 24.2 Å². The Kier molecular flexibility index (Phi) is 10.2. The van der Waals surface area contributed by atoms with Crippen molar-refractivity contribution in [2.45, 2.75) is 45.8 Å². The standard InChI is InChI=1S/C24H32IN3O5S/c1-6-17(2)26-24(30)18(3)27(15-19-8-7-9-22(14-19)33-4)23(29)16-28(34(5,31)32)21-12-10-20(25)11-13-21/h7-14,17-18H,6,15-16H2,1-5H3,(H,26,30)/t17-,18-/m1/s1. The van der Waals surface area contributed by atoms with E-state index in [1.807, 2.05) is 19.9 Å². The molecule has 2 rings (SSSR count). The number of hydrogen-bond donors (Lipinski definition) is 1. The van der Waals surface area contributed by atoms with Crippen LogP contribution >= 0.6 is 22.6 Å². The summed E-state index contributed by atoms with van der Waals surface area (Å²) in [6, 6.07) is 13.2. The second-order valence-corrected chi connectivity index (χ2v) is 11.3. The van der Waals surface area contributed by atoms with Crippen molar-refractivity contribution < 1.29 is 22.7 Å².